The van der Waals surface area contributed by atoms with E-state index in [0.717, 1.165) is 20.9 Å². The van der Waals surface area contributed by atoms with Gasteiger partial charge in [-0.3, -0.25) is 4.79 Å². The highest BCUT2D eigenvalue weighted by molar-refractivity contribution is 9.10. The molecule has 0 spiro atoms. The van der Waals surface area contributed by atoms with Crippen molar-refractivity contribution in [2.24, 2.45) is 5.10 Å². The molecule has 5 aromatic rings. The molecule has 0 aliphatic carbocycles. The number of hydrogen-bond acceptors (Lipinski definition) is 5. The highest BCUT2D eigenvalue weighted by Gasteiger charge is 2.13. The number of halogens is 1. The number of nitrogens with one attached hydrogen (secondary N) is 2. The van der Waals surface area contributed by atoms with Crippen LogP contribution in [0.15, 0.2) is 86.8 Å². The lowest BCUT2D eigenvalue weighted by Gasteiger charge is -2.05. The van der Waals surface area contributed by atoms with Gasteiger partial charge in [-0.1, -0.05) is 34.1 Å². The number of nitrogens with zero attached hydrogens (tertiary/aromatic N) is 2. The first kappa shape index (κ1) is 20.0. The number of rotatable bonds is 4. The summed E-state index contributed by atoms with van der Waals surface area (Å²) in [7, 11) is 1.55. The molecule has 3 aromatic carbocycles. The summed E-state index contributed by atoms with van der Waals surface area (Å²) in [6.07, 6.45) is 0. The van der Waals surface area contributed by atoms with Crippen molar-refractivity contribution in [2.45, 2.75) is 0 Å². The Balaban J connectivity index is 1.62. The number of carbonyl (C=O) groups is 1. The zero-order valence-electron chi connectivity index (χ0n) is 16.9. The smallest absolute Gasteiger partial charge is 0.271 e. The number of carbonyl (C=O) groups excluding carboxylic acids is 1. The molecule has 0 radical (unpaired) electrons. The van der Waals surface area contributed by atoms with Gasteiger partial charge in [0.25, 0.3) is 5.91 Å². The van der Waals surface area contributed by atoms with Gasteiger partial charge < -0.3 is 14.1 Å². The summed E-state index contributed by atoms with van der Waals surface area (Å²) in [5.41, 5.74) is 6.19. The number of hydrogen-bond donors (Lipinski definition) is 2. The zero-order chi connectivity index (χ0) is 22.1. The van der Waals surface area contributed by atoms with Gasteiger partial charge in [0.2, 0.25) is 5.55 Å². The van der Waals surface area contributed by atoms with Gasteiger partial charge in [0.15, 0.2) is 0 Å². The van der Waals surface area contributed by atoms with Gasteiger partial charge in [0.05, 0.1) is 23.7 Å². The average molecular weight is 489 g/mol. The number of benzene rings is 3. The monoisotopic (exact) mass is 488 g/mol. The molecule has 0 aliphatic rings. The number of methoxy groups -OCH3 is 1. The van der Waals surface area contributed by atoms with Gasteiger partial charge in [-0.05, 0) is 54.6 Å². The molecule has 0 unspecified atom stereocenters. The number of para-hydroxylation sites is 2. The maximum absolute atomic E-state index is 12.7. The summed E-state index contributed by atoms with van der Waals surface area (Å²) >= 11 is 3.49. The van der Waals surface area contributed by atoms with Crippen molar-refractivity contribution in [2.75, 3.05) is 7.11 Å². The second-order valence-corrected chi connectivity index (χ2v) is 7.95. The lowest BCUT2D eigenvalue weighted by atomic mass is 10.2. The van der Waals surface area contributed by atoms with Crippen LogP contribution in [0.2, 0.25) is 0 Å². The zero-order valence-corrected chi connectivity index (χ0v) is 18.5. The first-order valence-corrected chi connectivity index (χ1v) is 10.6. The second kappa shape index (κ2) is 8.32. The summed E-state index contributed by atoms with van der Waals surface area (Å²) in [6, 6.07) is 22.2. The highest BCUT2D eigenvalue weighted by Crippen LogP contribution is 2.24. The van der Waals surface area contributed by atoms with Crippen molar-refractivity contribution in [3.63, 3.8) is 0 Å². The van der Waals surface area contributed by atoms with Gasteiger partial charge >= 0.3 is 0 Å². The van der Waals surface area contributed by atoms with Crippen LogP contribution in [0.1, 0.15) is 10.4 Å². The van der Waals surface area contributed by atoms with Crippen LogP contribution < -0.4 is 15.7 Å². The van der Waals surface area contributed by atoms with E-state index in [1.165, 1.54) is 0 Å². The van der Waals surface area contributed by atoms with E-state index < -0.39 is 0 Å². The fourth-order valence-corrected chi connectivity index (χ4v) is 3.74. The van der Waals surface area contributed by atoms with Gasteiger partial charge in [0.1, 0.15) is 17.2 Å². The van der Waals surface area contributed by atoms with Crippen molar-refractivity contribution < 1.29 is 13.9 Å². The fourth-order valence-electron chi connectivity index (χ4n) is 3.36. The summed E-state index contributed by atoms with van der Waals surface area (Å²) < 4.78 is 12.2. The van der Waals surface area contributed by atoms with Crippen LogP contribution in [-0.4, -0.2) is 23.0 Å². The van der Waals surface area contributed by atoms with Crippen molar-refractivity contribution in [3.8, 4) is 17.1 Å². The molecule has 0 saturated heterocycles. The SMILES string of the molecule is COc1cccc(C(=O)NN=c2oc3ccc(Br)cc3cc2-c2nc3ccccc3[nH]2)c1. The summed E-state index contributed by atoms with van der Waals surface area (Å²) in [5, 5.41) is 5.15. The quantitative estimate of drug-likeness (QED) is 0.348. The van der Waals surface area contributed by atoms with E-state index in [2.05, 4.69) is 36.4 Å². The lowest BCUT2D eigenvalue weighted by molar-refractivity contribution is 0.0951. The van der Waals surface area contributed by atoms with Crippen LogP contribution in [-0.2, 0) is 0 Å². The Kier molecular flexibility index (Phi) is 5.20. The molecule has 0 saturated carbocycles. The molecule has 0 aliphatic heterocycles. The van der Waals surface area contributed by atoms with E-state index in [1.54, 1.807) is 31.4 Å². The minimum Gasteiger partial charge on any atom is -0.497 e. The third kappa shape index (κ3) is 3.88. The molecule has 2 heterocycles. The molecule has 0 bridgehead atoms. The van der Waals surface area contributed by atoms with Crippen LogP contribution in [0.3, 0.4) is 0 Å². The molecule has 7 nitrogen and oxygen atoms in total. The first-order valence-electron chi connectivity index (χ1n) is 9.77. The Morgan fingerprint density at radius 1 is 1.09 bits per heavy atom. The normalized spacial score (nSPS) is 11.8. The Morgan fingerprint density at radius 2 is 1.97 bits per heavy atom. The van der Waals surface area contributed by atoms with Crippen molar-refractivity contribution in [1.82, 2.24) is 15.4 Å². The number of H-pyrrole nitrogens is 1. The summed E-state index contributed by atoms with van der Waals surface area (Å²) in [5.74, 6) is 0.790. The second-order valence-electron chi connectivity index (χ2n) is 7.03. The lowest BCUT2D eigenvalue weighted by Crippen LogP contribution is -2.22. The van der Waals surface area contributed by atoms with Crippen LogP contribution in [0.25, 0.3) is 33.4 Å². The predicted molar refractivity (Wildman–Crippen MR) is 125 cm³/mol. The first-order chi connectivity index (χ1) is 15.6. The van der Waals surface area contributed by atoms with Gasteiger partial charge in [-0.2, -0.15) is 0 Å². The van der Waals surface area contributed by atoms with Gasteiger partial charge in [-0.25, -0.2) is 10.4 Å². The number of aromatic amines is 1. The standard InChI is InChI=1S/C24H17BrN4O3/c1-31-17-6-4-5-14(12-17)23(30)28-29-24-18(13-15-11-16(25)9-10-21(15)32-24)22-26-19-7-2-3-8-20(19)27-22/h2-13H,1H3,(H,26,27)(H,28,30). The predicted octanol–water partition coefficient (Wildman–Crippen LogP) is 4.99. The average Bonchev–Trinajstić information content (AvgIpc) is 3.26. The molecule has 1 amide bonds. The van der Waals surface area contributed by atoms with Crippen molar-refractivity contribution in [3.05, 3.63) is 88.4 Å². The van der Waals surface area contributed by atoms with E-state index >= 15 is 0 Å². The molecule has 0 atom stereocenters. The van der Waals surface area contributed by atoms with E-state index in [-0.39, 0.29) is 11.5 Å². The minimum absolute atomic E-state index is 0.232. The van der Waals surface area contributed by atoms with Crippen LogP contribution in [0, 0.1) is 0 Å². The number of ether oxygens (including phenoxy) is 1. The number of amides is 1. The Labute approximate surface area is 190 Å². The maximum Gasteiger partial charge on any atom is 0.271 e. The summed E-state index contributed by atoms with van der Waals surface area (Å²) in [4.78, 5) is 20.6. The number of imidazole rings is 1. The van der Waals surface area contributed by atoms with Crippen molar-refractivity contribution in [1.29, 1.82) is 0 Å². The molecule has 0 fully saturated rings. The topological polar surface area (TPSA) is 92.5 Å². The fraction of sp³-hybridized carbons (Fsp3) is 0.0417. The van der Waals surface area contributed by atoms with Gasteiger partial charge in [0, 0.05) is 15.4 Å². The number of fused-ring (bicyclic) bond motifs is 2. The Bertz CT molecular complexity index is 1500. The number of aromatic nitrogens is 2. The van der Waals surface area contributed by atoms with Crippen LogP contribution in [0.4, 0.5) is 0 Å². The summed E-state index contributed by atoms with van der Waals surface area (Å²) in [6.45, 7) is 0. The molecule has 32 heavy (non-hydrogen) atoms. The van der Waals surface area contributed by atoms with Crippen LogP contribution >= 0.6 is 15.9 Å². The largest absolute Gasteiger partial charge is 0.497 e. The third-order valence-corrected chi connectivity index (χ3v) is 5.44. The molecule has 2 aromatic heterocycles. The maximum atomic E-state index is 12.7. The minimum atomic E-state index is -0.384. The molecule has 8 heteroatoms. The molecule has 158 valence electrons. The third-order valence-electron chi connectivity index (χ3n) is 4.94. The molecular weight excluding hydrogens is 472 g/mol. The van der Waals surface area contributed by atoms with E-state index in [9.17, 15) is 4.79 Å². The van der Waals surface area contributed by atoms with E-state index in [0.29, 0.717) is 28.3 Å². The Morgan fingerprint density at radius 3 is 2.81 bits per heavy atom. The molecule has 5 rings (SSSR count). The van der Waals surface area contributed by atoms with Gasteiger partial charge in [-0.15, -0.1) is 5.10 Å². The van der Waals surface area contributed by atoms with Crippen molar-refractivity contribution >= 4 is 43.8 Å². The van der Waals surface area contributed by atoms with E-state index in [1.807, 2.05) is 48.5 Å². The van der Waals surface area contributed by atoms with E-state index in [4.69, 9.17) is 9.15 Å². The molecule has 2 N–H and O–H groups in total. The highest BCUT2D eigenvalue weighted by atomic mass is 79.9. The molecular formula is C24H17BrN4O3. The van der Waals surface area contributed by atoms with Crippen LogP contribution in [0.5, 0.6) is 5.75 Å². The Hall–Kier alpha value is -3.91.